The molecule has 1 amide bonds. The van der Waals surface area contributed by atoms with Crippen molar-refractivity contribution in [3.8, 4) is 12.3 Å². The summed E-state index contributed by atoms with van der Waals surface area (Å²) in [6, 6.07) is 5.22. The van der Waals surface area contributed by atoms with Gasteiger partial charge in [0.15, 0.2) is 4.80 Å². The van der Waals surface area contributed by atoms with Crippen molar-refractivity contribution < 1.29 is 4.79 Å². The van der Waals surface area contributed by atoms with Gasteiger partial charge in [-0.15, -0.1) is 17.8 Å². The highest BCUT2D eigenvalue weighted by atomic mass is 35.5. The lowest BCUT2D eigenvalue weighted by Gasteiger charge is -2.04. The van der Waals surface area contributed by atoms with Gasteiger partial charge in [0.05, 0.1) is 26.7 Å². The summed E-state index contributed by atoms with van der Waals surface area (Å²) >= 11 is 20.6. The van der Waals surface area contributed by atoms with Crippen LogP contribution in [0.1, 0.15) is 15.9 Å². The van der Waals surface area contributed by atoms with Crippen molar-refractivity contribution in [2.45, 2.75) is 13.5 Å². The van der Waals surface area contributed by atoms with E-state index >= 15 is 0 Å². The number of carbonyl (C=O) groups excluding carboxylic acids is 1. The third-order valence-electron chi connectivity index (χ3n) is 3.36. The molecule has 0 fully saturated rings. The van der Waals surface area contributed by atoms with E-state index in [-0.39, 0.29) is 12.1 Å². The zero-order valence-electron chi connectivity index (χ0n) is 12.3. The Kier molecular flexibility index (Phi) is 5.05. The van der Waals surface area contributed by atoms with Gasteiger partial charge in [0.1, 0.15) is 4.34 Å². The van der Waals surface area contributed by atoms with E-state index in [0.29, 0.717) is 18.5 Å². The molecule has 8 heteroatoms. The SMILES string of the molecule is C#CCn1c(=NC(=O)c2cc(Cl)sc2Cl)sc2ccc(Cl)c(C)c21. The quantitative estimate of drug-likeness (QED) is 0.515. The highest BCUT2D eigenvalue weighted by molar-refractivity contribution is 7.20. The Morgan fingerprint density at radius 3 is 2.71 bits per heavy atom. The topological polar surface area (TPSA) is 34.4 Å². The summed E-state index contributed by atoms with van der Waals surface area (Å²) in [5.74, 6) is 2.13. The lowest BCUT2D eigenvalue weighted by Crippen LogP contribution is -2.16. The normalized spacial score (nSPS) is 11.9. The molecular formula is C16H9Cl3N2OS2. The molecule has 0 aliphatic rings. The number of aromatic nitrogens is 1. The third-order valence-corrected chi connectivity index (χ3v) is 6.30. The smallest absolute Gasteiger partial charge is 0.282 e. The predicted molar refractivity (Wildman–Crippen MR) is 103 cm³/mol. The van der Waals surface area contributed by atoms with Gasteiger partial charge in [0.25, 0.3) is 5.91 Å². The highest BCUT2D eigenvalue weighted by Gasteiger charge is 2.16. The van der Waals surface area contributed by atoms with E-state index in [1.807, 2.05) is 19.1 Å². The number of hydrogen-bond acceptors (Lipinski definition) is 3. The minimum absolute atomic E-state index is 0.283. The predicted octanol–water partition coefficient (Wildman–Crippen LogP) is 5.41. The fraction of sp³-hybridized carbons (Fsp3) is 0.125. The number of aryl methyl sites for hydroxylation is 1. The molecule has 0 radical (unpaired) electrons. The minimum atomic E-state index is -0.454. The molecule has 0 N–H and O–H groups in total. The van der Waals surface area contributed by atoms with Crippen LogP contribution in [0.2, 0.25) is 13.7 Å². The number of fused-ring (bicyclic) bond motifs is 1. The summed E-state index contributed by atoms with van der Waals surface area (Å²) in [5, 5.41) is 0.636. The van der Waals surface area contributed by atoms with Crippen LogP contribution in [-0.4, -0.2) is 10.5 Å². The maximum Gasteiger partial charge on any atom is 0.282 e. The van der Waals surface area contributed by atoms with E-state index in [2.05, 4.69) is 10.9 Å². The first-order chi connectivity index (χ1) is 11.4. The maximum absolute atomic E-state index is 12.4. The Morgan fingerprint density at radius 2 is 2.08 bits per heavy atom. The molecular weight excluding hydrogens is 407 g/mol. The molecule has 0 unspecified atom stereocenters. The van der Waals surface area contributed by atoms with Crippen molar-refractivity contribution in [2.24, 2.45) is 4.99 Å². The second kappa shape index (κ2) is 6.91. The van der Waals surface area contributed by atoms with Gasteiger partial charge in [0.2, 0.25) is 0 Å². The summed E-state index contributed by atoms with van der Waals surface area (Å²) in [4.78, 5) is 17.1. The van der Waals surface area contributed by atoms with Crippen molar-refractivity contribution in [1.82, 2.24) is 4.57 Å². The number of terminal acetylenes is 1. The Labute approximate surface area is 161 Å². The maximum atomic E-state index is 12.4. The fourth-order valence-electron chi connectivity index (χ4n) is 2.27. The number of halogens is 3. The number of nitrogens with zero attached hydrogens (tertiary/aromatic N) is 2. The summed E-state index contributed by atoms with van der Waals surface area (Å²) < 4.78 is 3.51. The van der Waals surface area contributed by atoms with Crippen LogP contribution in [0.3, 0.4) is 0 Å². The van der Waals surface area contributed by atoms with Crippen molar-refractivity contribution >= 4 is 73.6 Å². The van der Waals surface area contributed by atoms with Gasteiger partial charge in [-0.25, -0.2) is 0 Å². The summed E-state index contributed by atoms with van der Waals surface area (Å²) in [5.41, 5.74) is 2.06. The molecule has 0 saturated heterocycles. The number of carbonyl (C=O) groups is 1. The van der Waals surface area contributed by atoms with Crippen molar-refractivity contribution in [1.29, 1.82) is 0 Å². The van der Waals surface area contributed by atoms with E-state index < -0.39 is 5.91 Å². The molecule has 2 aromatic heterocycles. The zero-order chi connectivity index (χ0) is 17.4. The average Bonchev–Trinajstić information content (AvgIpc) is 3.04. The molecule has 2 heterocycles. The van der Waals surface area contributed by atoms with Crippen molar-refractivity contribution in [2.75, 3.05) is 0 Å². The summed E-state index contributed by atoms with van der Waals surface area (Å²) in [7, 11) is 0. The molecule has 122 valence electrons. The number of thiazole rings is 1. The average molecular weight is 416 g/mol. The van der Waals surface area contributed by atoms with Gasteiger partial charge in [-0.2, -0.15) is 4.99 Å². The van der Waals surface area contributed by atoms with Crippen LogP contribution in [0.15, 0.2) is 23.2 Å². The molecule has 3 nitrogen and oxygen atoms in total. The third kappa shape index (κ3) is 3.13. The first-order valence-electron chi connectivity index (χ1n) is 6.68. The second-order valence-electron chi connectivity index (χ2n) is 4.85. The van der Waals surface area contributed by atoms with Crippen molar-refractivity contribution in [3.05, 3.63) is 47.8 Å². The van der Waals surface area contributed by atoms with Gasteiger partial charge in [-0.05, 0) is 30.7 Å². The zero-order valence-corrected chi connectivity index (χ0v) is 16.2. The molecule has 3 rings (SSSR count). The van der Waals surface area contributed by atoms with Gasteiger partial charge in [-0.1, -0.05) is 52.1 Å². The van der Waals surface area contributed by atoms with Crippen LogP contribution < -0.4 is 4.80 Å². The molecule has 0 aliphatic heterocycles. The van der Waals surface area contributed by atoms with Crippen LogP contribution in [0, 0.1) is 19.3 Å². The van der Waals surface area contributed by atoms with Crippen LogP contribution >= 0.6 is 57.5 Å². The lowest BCUT2D eigenvalue weighted by atomic mass is 10.2. The van der Waals surface area contributed by atoms with E-state index in [1.165, 1.54) is 17.4 Å². The monoisotopic (exact) mass is 414 g/mol. The van der Waals surface area contributed by atoms with Gasteiger partial charge >= 0.3 is 0 Å². The van der Waals surface area contributed by atoms with Crippen LogP contribution in [0.25, 0.3) is 10.2 Å². The standard InChI is InChI=1S/C16H9Cl3N2OS2/c1-3-6-21-13-8(2)10(17)4-5-11(13)23-16(21)20-15(22)9-7-12(18)24-14(9)19/h1,4-5,7H,6H2,2H3. The van der Waals surface area contributed by atoms with Crippen molar-refractivity contribution in [3.63, 3.8) is 0 Å². The van der Waals surface area contributed by atoms with Crippen LogP contribution in [0.4, 0.5) is 0 Å². The van der Waals surface area contributed by atoms with Gasteiger partial charge < -0.3 is 4.57 Å². The number of benzene rings is 1. The van der Waals surface area contributed by atoms with E-state index in [1.54, 1.807) is 4.57 Å². The Hall–Kier alpha value is -1.29. The Bertz CT molecular complexity index is 1070. The molecule has 0 saturated carbocycles. The number of hydrogen-bond donors (Lipinski definition) is 0. The summed E-state index contributed by atoms with van der Waals surface area (Å²) in [6.07, 6.45) is 5.47. The molecule has 24 heavy (non-hydrogen) atoms. The minimum Gasteiger partial charge on any atom is -0.304 e. The number of rotatable bonds is 2. The first-order valence-corrected chi connectivity index (χ1v) is 9.45. The van der Waals surface area contributed by atoms with E-state index in [4.69, 9.17) is 41.2 Å². The van der Waals surface area contributed by atoms with E-state index in [0.717, 1.165) is 27.1 Å². The van der Waals surface area contributed by atoms with E-state index in [9.17, 15) is 4.79 Å². The molecule has 1 aromatic carbocycles. The van der Waals surface area contributed by atoms with Crippen LogP contribution in [-0.2, 0) is 6.54 Å². The lowest BCUT2D eigenvalue weighted by molar-refractivity contribution is 0.0998. The molecule has 0 aliphatic carbocycles. The highest BCUT2D eigenvalue weighted by Crippen LogP contribution is 2.32. The first kappa shape index (κ1) is 17.5. The van der Waals surface area contributed by atoms with Gasteiger partial charge in [0, 0.05) is 5.02 Å². The molecule has 3 aromatic rings. The molecule has 0 bridgehead atoms. The number of thiophene rings is 1. The second-order valence-corrected chi connectivity index (χ2v) is 8.55. The summed E-state index contributed by atoms with van der Waals surface area (Å²) in [6.45, 7) is 2.19. The fourth-order valence-corrected chi connectivity index (χ4v) is 4.96. The Morgan fingerprint density at radius 1 is 1.33 bits per heavy atom. The largest absolute Gasteiger partial charge is 0.304 e. The van der Waals surface area contributed by atoms with Gasteiger partial charge in [-0.3, -0.25) is 4.79 Å². The number of amides is 1. The molecule has 0 spiro atoms. The molecule has 0 atom stereocenters. The van der Waals surface area contributed by atoms with Crippen LogP contribution in [0.5, 0.6) is 0 Å². The Balaban J connectivity index is 2.24.